The molecule has 4 fully saturated rings. The lowest BCUT2D eigenvalue weighted by molar-refractivity contribution is -0.123. The SMILES string of the molecule is CC(=O)[C@@]12C[C@@H]3[C@@H]4CC=C5C[C@H](O)CC[C@]5(C)[C@H]4CC[C@]3(C)[C@@H]1O2. The van der Waals surface area contributed by atoms with Crippen molar-refractivity contribution < 1.29 is 14.6 Å². The van der Waals surface area contributed by atoms with Crippen molar-refractivity contribution in [1.82, 2.24) is 0 Å². The van der Waals surface area contributed by atoms with Gasteiger partial charge in [-0.2, -0.15) is 0 Å². The second kappa shape index (κ2) is 4.54. The number of aliphatic hydroxyl groups excluding tert-OH is 1. The minimum Gasteiger partial charge on any atom is -0.393 e. The largest absolute Gasteiger partial charge is 0.393 e. The summed E-state index contributed by atoms with van der Waals surface area (Å²) in [6.45, 7) is 6.57. The summed E-state index contributed by atoms with van der Waals surface area (Å²) in [4.78, 5) is 12.2. The van der Waals surface area contributed by atoms with Crippen LogP contribution in [0.4, 0.5) is 0 Å². The van der Waals surface area contributed by atoms with E-state index in [0.29, 0.717) is 11.8 Å². The smallest absolute Gasteiger partial charge is 0.164 e. The molecule has 4 aliphatic carbocycles. The number of ketones is 1. The number of carbonyl (C=O) groups excluding carboxylic acids is 1. The van der Waals surface area contributed by atoms with Crippen LogP contribution in [-0.2, 0) is 9.53 Å². The van der Waals surface area contributed by atoms with E-state index in [1.54, 1.807) is 6.92 Å². The van der Waals surface area contributed by atoms with Gasteiger partial charge in [0.15, 0.2) is 11.4 Å². The van der Waals surface area contributed by atoms with Crippen LogP contribution in [0.2, 0.25) is 0 Å². The summed E-state index contributed by atoms with van der Waals surface area (Å²) in [5.74, 6) is 2.30. The van der Waals surface area contributed by atoms with E-state index in [-0.39, 0.29) is 28.8 Å². The van der Waals surface area contributed by atoms with Crippen LogP contribution in [0.15, 0.2) is 11.6 Å². The number of aliphatic hydroxyl groups is 1. The van der Waals surface area contributed by atoms with E-state index in [4.69, 9.17) is 4.74 Å². The first-order valence-electron chi connectivity index (χ1n) is 9.88. The lowest BCUT2D eigenvalue weighted by Gasteiger charge is -2.57. The first-order valence-corrected chi connectivity index (χ1v) is 9.88. The quantitative estimate of drug-likeness (QED) is 0.590. The molecule has 3 heteroatoms. The van der Waals surface area contributed by atoms with E-state index >= 15 is 0 Å². The van der Waals surface area contributed by atoms with E-state index in [1.807, 2.05) is 0 Å². The number of carbonyl (C=O) groups is 1. The second-order valence-corrected chi connectivity index (χ2v) is 9.85. The molecule has 1 N–H and O–H groups in total. The van der Waals surface area contributed by atoms with Gasteiger partial charge < -0.3 is 9.84 Å². The van der Waals surface area contributed by atoms with Crippen molar-refractivity contribution in [2.75, 3.05) is 0 Å². The average molecular weight is 330 g/mol. The van der Waals surface area contributed by atoms with Gasteiger partial charge in [-0.3, -0.25) is 4.79 Å². The van der Waals surface area contributed by atoms with Crippen LogP contribution in [0.25, 0.3) is 0 Å². The number of epoxide rings is 1. The Morgan fingerprint density at radius 2 is 2.04 bits per heavy atom. The fourth-order valence-corrected chi connectivity index (χ4v) is 7.44. The lowest BCUT2D eigenvalue weighted by atomic mass is 9.48. The highest BCUT2D eigenvalue weighted by atomic mass is 16.6. The van der Waals surface area contributed by atoms with Gasteiger partial charge in [0.05, 0.1) is 6.10 Å². The van der Waals surface area contributed by atoms with Crippen LogP contribution in [0.1, 0.15) is 65.7 Å². The van der Waals surface area contributed by atoms with Gasteiger partial charge in [0.1, 0.15) is 6.10 Å². The molecule has 0 radical (unpaired) electrons. The van der Waals surface area contributed by atoms with Crippen LogP contribution in [-0.4, -0.2) is 28.7 Å². The molecule has 5 rings (SSSR count). The standard InChI is InChI=1S/C21H30O3/c1-12(22)21-11-17-15-5-4-13-10-14(23)6-8-19(13,2)16(15)7-9-20(17,3)18(21)24-21/h4,14-18,23H,5-11H2,1-3H3/t14-,15-,16+,17-,18+,19+,20+,21+/m1/s1. The fraction of sp³-hybridized carbons (Fsp3) is 0.857. The van der Waals surface area contributed by atoms with Crippen molar-refractivity contribution in [3.05, 3.63) is 11.6 Å². The van der Waals surface area contributed by atoms with Gasteiger partial charge in [-0.15, -0.1) is 0 Å². The van der Waals surface area contributed by atoms with E-state index in [0.717, 1.165) is 38.0 Å². The van der Waals surface area contributed by atoms with Crippen molar-refractivity contribution in [3.63, 3.8) is 0 Å². The van der Waals surface area contributed by atoms with Crippen molar-refractivity contribution in [2.45, 2.75) is 83.5 Å². The van der Waals surface area contributed by atoms with E-state index in [2.05, 4.69) is 19.9 Å². The normalized spacial score (nSPS) is 58.0. The van der Waals surface area contributed by atoms with Crippen LogP contribution < -0.4 is 0 Å². The predicted octanol–water partition coefficient (Wildman–Crippen LogP) is 3.65. The molecule has 1 aliphatic heterocycles. The third-order valence-corrected chi connectivity index (χ3v) is 8.93. The summed E-state index contributed by atoms with van der Waals surface area (Å²) in [6, 6.07) is 0. The highest BCUT2D eigenvalue weighted by Gasteiger charge is 2.77. The number of allylic oxidation sites excluding steroid dienone is 1. The van der Waals surface area contributed by atoms with Gasteiger partial charge in [-0.25, -0.2) is 0 Å². The third-order valence-electron chi connectivity index (χ3n) is 8.93. The summed E-state index contributed by atoms with van der Waals surface area (Å²) in [7, 11) is 0. The Balaban J connectivity index is 1.50. The minimum atomic E-state index is -0.429. The predicted molar refractivity (Wildman–Crippen MR) is 91.4 cm³/mol. The summed E-state index contributed by atoms with van der Waals surface area (Å²) >= 11 is 0. The molecule has 1 saturated heterocycles. The van der Waals surface area contributed by atoms with Crippen molar-refractivity contribution in [1.29, 1.82) is 0 Å². The van der Waals surface area contributed by atoms with E-state index < -0.39 is 5.60 Å². The molecule has 3 nitrogen and oxygen atoms in total. The molecule has 0 spiro atoms. The topological polar surface area (TPSA) is 49.8 Å². The molecule has 0 aromatic carbocycles. The Labute approximate surface area is 144 Å². The van der Waals surface area contributed by atoms with Gasteiger partial charge in [-0.1, -0.05) is 25.5 Å². The highest BCUT2D eigenvalue weighted by molar-refractivity contribution is 5.89. The summed E-state index contributed by atoms with van der Waals surface area (Å²) in [6.07, 6.45) is 10.0. The molecule has 0 amide bonds. The Bertz CT molecular complexity index is 639. The second-order valence-electron chi connectivity index (χ2n) is 9.85. The number of rotatable bonds is 1. The molecule has 5 aliphatic rings. The number of hydrogen-bond donors (Lipinski definition) is 1. The van der Waals surface area contributed by atoms with E-state index in [9.17, 15) is 9.90 Å². The lowest BCUT2D eigenvalue weighted by Crippen LogP contribution is -2.50. The van der Waals surface area contributed by atoms with Crippen LogP contribution >= 0.6 is 0 Å². The molecule has 132 valence electrons. The maximum absolute atomic E-state index is 12.2. The van der Waals surface area contributed by atoms with Gasteiger partial charge in [0.2, 0.25) is 0 Å². The minimum absolute atomic E-state index is 0.136. The highest BCUT2D eigenvalue weighted by Crippen LogP contribution is 2.72. The van der Waals surface area contributed by atoms with Crippen LogP contribution in [0.3, 0.4) is 0 Å². The Kier molecular flexibility index (Phi) is 2.94. The molecule has 0 aromatic heterocycles. The van der Waals surface area contributed by atoms with Crippen molar-refractivity contribution >= 4 is 5.78 Å². The number of fused-ring (bicyclic) bond motifs is 7. The zero-order valence-electron chi connectivity index (χ0n) is 15.2. The van der Waals surface area contributed by atoms with Gasteiger partial charge >= 0.3 is 0 Å². The van der Waals surface area contributed by atoms with Gasteiger partial charge in [-0.05, 0) is 75.0 Å². The average Bonchev–Trinajstić information content (AvgIpc) is 3.22. The Hall–Kier alpha value is -0.670. The van der Waals surface area contributed by atoms with Crippen molar-refractivity contribution in [3.8, 4) is 0 Å². The van der Waals surface area contributed by atoms with Crippen LogP contribution in [0, 0.1) is 28.6 Å². The molecule has 0 bridgehead atoms. The van der Waals surface area contributed by atoms with Gasteiger partial charge in [0, 0.05) is 5.41 Å². The molecule has 24 heavy (non-hydrogen) atoms. The number of hydrogen-bond acceptors (Lipinski definition) is 3. The van der Waals surface area contributed by atoms with Gasteiger partial charge in [0.25, 0.3) is 0 Å². The maximum Gasteiger partial charge on any atom is 0.164 e. The molecular formula is C21H30O3. The third kappa shape index (κ3) is 1.69. The summed E-state index contributed by atoms with van der Waals surface area (Å²) in [5, 5.41) is 10.1. The molecular weight excluding hydrogens is 300 g/mol. The first-order chi connectivity index (χ1) is 11.3. The van der Waals surface area contributed by atoms with E-state index in [1.165, 1.54) is 18.4 Å². The molecule has 8 atom stereocenters. The monoisotopic (exact) mass is 330 g/mol. The fourth-order valence-electron chi connectivity index (χ4n) is 7.44. The Morgan fingerprint density at radius 1 is 1.25 bits per heavy atom. The summed E-state index contributed by atoms with van der Waals surface area (Å²) in [5.41, 5.74) is 1.57. The maximum atomic E-state index is 12.2. The molecule has 0 aromatic rings. The first kappa shape index (κ1) is 15.6. The van der Waals surface area contributed by atoms with Crippen molar-refractivity contribution in [2.24, 2.45) is 28.6 Å². The Morgan fingerprint density at radius 3 is 2.79 bits per heavy atom. The zero-order valence-corrected chi connectivity index (χ0v) is 15.2. The summed E-state index contributed by atoms with van der Waals surface area (Å²) < 4.78 is 6.00. The van der Waals surface area contributed by atoms with Crippen LogP contribution in [0.5, 0.6) is 0 Å². The number of ether oxygens (including phenoxy) is 1. The molecule has 3 saturated carbocycles. The zero-order chi connectivity index (χ0) is 16.9. The number of Topliss-reactive ketones (excluding diaryl/α,β-unsaturated/α-hetero) is 1. The molecule has 0 unspecified atom stereocenters. The molecule has 1 heterocycles.